The maximum absolute atomic E-state index is 12.3. The molecule has 3 rings (SSSR count). The average molecular weight is 342 g/mol. The molecule has 1 amide bonds. The largest absolute Gasteiger partial charge is 0.454 e. The van der Waals surface area contributed by atoms with Gasteiger partial charge in [0.15, 0.2) is 16.6 Å². The summed E-state index contributed by atoms with van der Waals surface area (Å²) in [5, 5.41) is 3.14. The first kappa shape index (κ1) is 16.3. The highest BCUT2D eigenvalue weighted by Crippen LogP contribution is 2.36. The zero-order chi connectivity index (χ0) is 17.1. The summed E-state index contributed by atoms with van der Waals surface area (Å²) in [6.45, 7) is 4.23. The molecular formula is C18H18N2O3S. The van der Waals surface area contributed by atoms with Crippen LogP contribution < -0.4 is 19.7 Å². The van der Waals surface area contributed by atoms with Crippen molar-refractivity contribution in [1.82, 2.24) is 5.32 Å². The fourth-order valence-corrected chi connectivity index (χ4v) is 2.91. The van der Waals surface area contributed by atoms with E-state index in [-0.39, 0.29) is 18.7 Å². The lowest BCUT2D eigenvalue weighted by Crippen LogP contribution is -2.46. The van der Waals surface area contributed by atoms with Gasteiger partial charge in [-0.25, -0.2) is 0 Å². The Kier molecular flexibility index (Phi) is 4.66. The van der Waals surface area contributed by atoms with E-state index in [1.165, 1.54) is 0 Å². The van der Waals surface area contributed by atoms with Crippen LogP contribution in [0.5, 0.6) is 11.5 Å². The third kappa shape index (κ3) is 3.33. The van der Waals surface area contributed by atoms with E-state index in [1.807, 2.05) is 55.1 Å². The molecule has 2 aromatic carbocycles. The topological polar surface area (TPSA) is 50.8 Å². The molecule has 24 heavy (non-hydrogen) atoms. The third-order valence-electron chi connectivity index (χ3n) is 3.63. The van der Waals surface area contributed by atoms with Crippen LogP contribution in [0.2, 0.25) is 0 Å². The molecule has 0 saturated heterocycles. The van der Waals surface area contributed by atoms with Gasteiger partial charge in [0.25, 0.3) is 5.91 Å². The van der Waals surface area contributed by atoms with Gasteiger partial charge in [-0.3, -0.25) is 10.1 Å². The zero-order valence-electron chi connectivity index (χ0n) is 13.5. The molecule has 0 saturated carbocycles. The first-order valence-corrected chi connectivity index (χ1v) is 8.06. The number of amides is 1. The molecule has 124 valence electrons. The Hall–Kier alpha value is -2.60. The second-order valence-corrected chi connectivity index (χ2v) is 6.01. The Bertz CT molecular complexity index is 762. The van der Waals surface area contributed by atoms with Crippen molar-refractivity contribution in [3.8, 4) is 11.5 Å². The highest BCUT2D eigenvalue weighted by atomic mass is 32.1. The van der Waals surface area contributed by atoms with Crippen LogP contribution in [-0.4, -0.2) is 23.9 Å². The number of carbonyl (C=O) groups is 1. The predicted molar refractivity (Wildman–Crippen MR) is 96.7 cm³/mol. The van der Waals surface area contributed by atoms with Crippen molar-refractivity contribution in [1.29, 1.82) is 0 Å². The van der Waals surface area contributed by atoms with Crippen molar-refractivity contribution in [3.63, 3.8) is 0 Å². The lowest BCUT2D eigenvalue weighted by molar-refractivity contribution is 0.0977. The predicted octanol–water partition coefficient (Wildman–Crippen LogP) is 3.35. The minimum Gasteiger partial charge on any atom is -0.454 e. The molecule has 0 radical (unpaired) electrons. The van der Waals surface area contributed by atoms with E-state index in [9.17, 15) is 4.79 Å². The molecule has 0 bridgehead atoms. The normalized spacial score (nSPS) is 12.1. The monoisotopic (exact) mass is 342 g/mol. The van der Waals surface area contributed by atoms with E-state index in [2.05, 4.69) is 5.32 Å². The minimum absolute atomic E-state index is 0.0638. The number of carbonyl (C=O) groups excluding carboxylic acids is 1. The van der Waals surface area contributed by atoms with Crippen LogP contribution in [0.1, 0.15) is 24.2 Å². The number of hydrogen-bond donors (Lipinski definition) is 1. The molecule has 0 atom stereocenters. The molecule has 1 heterocycles. The maximum Gasteiger partial charge on any atom is 0.257 e. The fourth-order valence-electron chi connectivity index (χ4n) is 2.50. The molecule has 6 heteroatoms. The fraction of sp³-hybridized carbons (Fsp3) is 0.222. The van der Waals surface area contributed by atoms with E-state index in [4.69, 9.17) is 21.7 Å². The van der Waals surface area contributed by atoms with Crippen LogP contribution in [0.4, 0.5) is 5.69 Å². The molecule has 5 nitrogen and oxygen atoms in total. The van der Waals surface area contributed by atoms with Crippen molar-refractivity contribution in [2.45, 2.75) is 19.9 Å². The minimum atomic E-state index is -0.230. The third-order valence-corrected chi connectivity index (χ3v) is 3.92. The number of thiocarbonyl (C=S) groups is 1. The van der Waals surface area contributed by atoms with Gasteiger partial charge in [-0.1, -0.05) is 18.2 Å². The molecule has 0 spiro atoms. The van der Waals surface area contributed by atoms with E-state index < -0.39 is 0 Å². The summed E-state index contributed by atoms with van der Waals surface area (Å²) in [6.07, 6.45) is 0. The van der Waals surface area contributed by atoms with Gasteiger partial charge < -0.3 is 14.4 Å². The van der Waals surface area contributed by atoms with Crippen LogP contribution in [0.15, 0.2) is 48.5 Å². The SMILES string of the molecule is CC(C)N(C(=S)NC(=O)c1ccccc1)c1ccc2c(c1)OCO2. The molecule has 1 aliphatic heterocycles. The van der Waals surface area contributed by atoms with E-state index in [0.717, 1.165) is 5.69 Å². The van der Waals surface area contributed by atoms with Gasteiger partial charge in [0.05, 0.1) is 0 Å². The van der Waals surface area contributed by atoms with Crippen molar-refractivity contribution < 1.29 is 14.3 Å². The Morgan fingerprint density at radius 1 is 1.12 bits per heavy atom. The Morgan fingerprint density at radius 2 is 1.83 bits per heavy atom. The van der Waals surface area contributed by atoms with Crippen molar-refractivity contribution in [2.75, 3.05) is 11.7 Å². The second-order valence-electron chi connectivity index (χ2n) is 5.63. The molecule has 1 N–H and O–H groups in total. The second kappa shape index (κ2) is 6.88. The van der Waals surface area contributed by atoms with Crippen LogP contribution in [0.3, 0.4) is 0 Å². The van der Waals surface area contributed by atoms with Gasteiger partial charge in [-0.05, 0) is 50.3 Å². The number of fused-ring (bicyclic) bond motifs is 1. The number of ether oxygens (including phenoxy) is 2. The Balaban J connectivity index is 1.80. The number of nitrogens with zero attached hydrogens (tertiary/aromatic N) is 1. The van der Waals surface area contributed by atoms with Crippen LogP contribution in [0, 0.1) is 0 Å². The summed E-state index contributed by atoms with van der Waals surface area (Å²) in [6, 6.07) is 14.7. The molecule has 1 aliphatic rings. The van der Waals surface area contributed by atoms with Gasteiger partial charge in [0.2, 0.25) is 6.79 Å². The molecule has 0 unspecified atom stereocenters. The summed E-state index contributed by atoms with van der Waals surface area (Å²) < 4.78 is 10.8. The lowest BCUT2D eigenvalue weighted by Gasteiger charge is -2.29. The first-order valence-electron chi connectivity index (χ1n) is 7.65. The first-order chi connectivity index (χ1) is 11.6. The van der Waals surface area contributed by atoms with Crippen molar-refractivity contribution in [3.05, 3.63) is 54.1 Å². The molecule has 2 aromatic rings. The van der Waals surface area contributed by atoms with Gasteiger partial charge in [0.1, 0.15) is 0 Å². The number of nitrogens with one attached hydrogen (secondary N) is 1. The van der Waals surface area contributed by atoms with Gasteiger partial charge in [0, 0.05) is 23.4 Å². The molecule has 0 aliphatic carbocycles. The van der Waals surface area contributed by atoms with Crippen LogP contribution in [-0.2, 0) is 0 Å². The summed E-state index contributed by atoms with van der Waals surface area (Å²) in [5.74, 6) is 1.16. The van der Waals surface area contributed by atoms with E-state index in [0.29, 0.717) is 22.2 Å². The zero-order valence-corrected chi connectivity index (χ0v) is 14.3. The van der Waals surface area contributed by atoms with Crippen LogP contribution >= 0.6 is 12.2 Å². The highest BCUT2D eigenvalue weighted by Gasteiger charge is 2.21. The molecular weight excluding hydrogens is 324 g/mol. The smallest absolute Gasteiger partial charge is 0.257 e. The van der Waals surface area contributed by atoms with E-state index >= 15 is 0 Å². The number of hydrogen-bond acceptors (Lipinski definition) is 4. The summed E-state index contributed by atoms with van der Waals surface area (Å²) in [7, 11) is 0. The number of rotatable bonds is 3. The number of anilines is 1. The number of benzene rings is 2. The molecule has 0 aromatic heterocycles. The quantitative estimate of drug-likeness (QED) is 0.867. The maximum atomic E-state index is 12.3. The summed E-state index contributed by atoms with van der Waals surface area (Å²) >= 11 is 5.46. The average Bonchev–Trinajstić information content (AvgIpc) is 3.03. The summed E-state index contributed by atoms with van der Waals surface area (Å²) in [5.41, 5.74) is 1.40. The van der Waals surface area contributed by atoms with Gasteiger partial charge in [-0.15, -0.1) is 0 Å². The van der Waals surface area contributed by atoms with Crippen LogP contribution in [0.25, 0.3) is 0 Å². The van der Waals surface area contributed by atoms with Crippen molar-refractivity contribution >= 4 is 28.9 Å². The lowest BCUT2D eigenvalue weighted by atomic mass is 10.2. The van der Waals surface area contributed by atoms with Crippen molar-refractivity contribution in [2.24, 2.45) is 0 Å². The Labute approximate surface area is 146 Å². The molecule has 0 fully saturated rings. The standard InChI is InChI=1S/C18H18N2O3S/c1-12(2)20(14-8-9-15-16(10-14)23-11-22-15)18(24)19-17(21)13-6-4-3-5-7-13/h3-10,12H,11H2,1-2H3,(H,19,21,24). The van der Waals surface area contributed by atoms with E-state index in [1.54, 1.807) is 12.1 Å². The van der Waals surface area contributed by atoms with Gasteiger partial charge in [-0.2, -0.15) is 0 Å². The Morgan fingerprint density at radius 3 is 2.54 bits per heavy atom. The highest BCUT2D eigenvalue weighted by molar-refractivity contribution is 7.80. The summed E-state index contributed by atoms with van der Waals surface area (Å²) in [4.78, 5) is 14.2. The van der Waals surface area contributed by atoms with Gasteiger partial charge >= 0.3 is 0 Å².